The maximum Gasteiger partial charge on any atom is 0.573 e. The summed E-state index contributed by atoms with van der Waals surface area (Å²) in [6, 6.07) is 7.40. The Morgan fingerprint density at radius 1 is 1.20 bits per heavy atom. The van der Waals surface area contributed by atoms with Gasteiger partial charge >= 0.3 is 6.36 Å². The summed E-state index contributed by atoms with van der Waals surface area (Å²) in [7, 11) is 0. The number of aromatic nitrogens is 1. The zero-order valence-electron chi connectivity index (χ0n) is 9.71. The quantitative estimate of drug-likeness (QED) is 0.815. The SMILES string of the molecule is FC(F)(F)Oc1ccc(Nc2ccc(Cl)cn2)cc1Br. The molecule has 1 aromatic carbocycles. The first-order chi connectivity index (χ1) is 9.33. The van der Waals surface area contributed by atoms with Crippen molar-refractivity contribution in [2.45, 2.75) is 6.36 Å². The Morgan fingerprint density at radius 3 is 2.50 bits per heavy atom. The Balaban J connectivity index is 2.14. The third-order valence-corrected chi connectivity index (χ3v) is 3.00. The lowest BCUT2D eigenvalue weighted by atomic mass is 10.3. The molecule has 0 saturated carbocycles. The summed E-state index contributed by atoms with van der Waals surface area (Å²) in [6.45, 7) is 0. The van der Waals surface area contributed by atoms with Gasteiger partial charge in [0.25, 0.3) is 0 Å². The molecule has 0 aliphatic rings. The number of ether oxygens (including phenoxy) is 1. The summed E-state index contributed by atoms with van der Waals surface area (Å²) < 4.78 is 40.4. The molecule has 106 valence electrons. The molecule has 0 aliphatic heterocycles. The molecule has 0 saturated heterocycles. The van der Waals surface area contributed by atoms with Crippen molar-refractivity contribution in [1.29, 1.82) is 0 Å². The Morgan fingerprint density at radius 2 is 1.95 bits per heavy atom. The zero-order valence-corrected chi connectivity index (χ0v) is 12.1. The fraction of sp³-hybridized carbons (Fsp3) is 0.0833. The molecule has 20 heavy (non-hydrogen) atoms. The summed E-state index contributed by atoms with van der Waals surface area (Å²) in [4.78, 5) is 4.02. The Hall–Kier alpha value is -1.47. The van der Waals surface area contributed by atoms with Crippen LogP contribution < -0.4 is 10.1 Å². The Kier molecular flexibility index (Phi) is 4.39. The van der Waals surface area contributed by atoms with E-state index in [1.807, 2.05) is 0 Å². The standard InChI is InChI=1S/C12H7BrClF3N2O/c13-9-5-8(2-3-10(9)20-12(15,16)17)19-11-4-1-7(14)6-18-11/h1-6H,(H,18,19). The first-order valence-corrected chi connectivity index (χ1v) is 6.44. The van der Waals surface area contributed by atoms with Gasteiger partial charge in [-0.1, -0.05) is 11.6 Å². The van der Waals surface area contributed by atoms with Crippen LogP contribution in [0, 0.1) is 0 Å². The highest BCUT2D eigenvalue weighted by Gasteiger charge is 2.31. The van der Waals surface area contributed by atoms with Crippen molar-refractivity contribution in [2.75, 3.05) is 5.32 Å². The number of hydrogen-bond acceptors (Lipinski definition) is 3. The molecule has 0 aliphatic carbocycles. The van der Waals surface area contributed by atoms with Crippen molar-refractivity contribution in [3.05, 3.63) is 46.0 Å². The molecule has 1 aromatic heterocycles. The van der Waals surface area contributed by atoms with Crippen LogP contribution in [0.3, 0.4) is 0 Å². The van der Waals surface area contributed by atoms with Gasteiger partial charge in [0.2, 0.25) is 0 Å². The lowest BCUT2D eigenvalue weighted by Gasteiger charge is -2.12. The van der Waals surface area contributed by atoms with Gasteiger partial charge in [-0.05, 0) is 46.3 Å². The summed E-state index contributed by atoms with van der Waals surface area (Å²) in [6.07, 6.45) is -3.27. The van der Waals surface area contributed by atoms with Crippen LogP contribution in [0.4, 0.5) is 24.7 Å². The van der Waals surface area contributed by atoms with Crippen LogP contribution in [0.5, 0.6) is 5.75 Å². The fourth-order valence-corrected chi connectivity index (χ4v) is 1.96. The van der Waals surface area contributed by atoms with E-state index in [0.717, 1.165) is 0 Å². The van der Waals surface area contributed by atoms with Crippen molar-refractivity contribution < 1.29 is 17.9 Å². The summed E-state index contributed by atoms with van der Waals surface area (Å²) in [5.41, 5.74) is 0.557. The van der Waals surface area contributed by atoms with E-state index in [9.17, 15) is 13.2 Å². The minimum Gasteiger partial charge on any atom is -0.405 e. The van der Waals surface area contributed by atoms with Gasteiger partial charge in [-0.25, -0.2) is 4.98 Å². The molecule has 0 radical (unpaired) electrons. The van der Waals surface area contributed by atoms with Gasteiger partial charge in [0.1, 0.15) is 11.6 Å². The maximum absolute atomic E-state index is 12.1. The van der Waals surface area contributed by atoms with E-state index in [2.05, 4.69) is 31.0 Å². The van der Waals surface area contributed by atoms with E-state index < -0.39 is 6.36 Å². The second kappa shape index (κ2) is 5.88. The molecule has 2 aromatic rings. The number of anilines is 2. The van der Waals surface area contributed by atoms with E-state index in [4.69, 9.17) is 11.6 Å². The first-order valence-electron chi connectivity index (χ1n) is 5.27. The highest BCUT2D eigenvalue weighted by molar-refractivity contribution is 9.10. The van der Waals surface area contributed by atoms with E-state index in [1.54, 1.807) is 12.1 Å². The van der Waals surface area contributed by atoms with Crippen molar-refractivity contribution >= 4 is 39.0 Å². The molecule has 0 spiro atoms. The second-order valence-electron chi connectivity index (χ2n) is 3.68. The lowest BCUT2D eigenvalue weighted by Crippen LogP contribution is -2.17. The first kappa shape index (κ1) is 14.9. The number of benzene rings is 1. The molecule has 0 fully saturated rings. The van der Waals surface area contributed by atoms with Gasteiger partial charge < -0.3 is 10.1 Å². The van der Waals surface area contributed by atoms with Crippen molar-refractivity contribution in [2.24, 2.45) is 0 Å². The van der Waals surface area contributed by atoms with Crippen LogP contribution in [0.25, 0.3) is 0 Å². The molecule has 0 unspecified atom stereocenters. The van der Waals surface area contributed by atoms with Crippen LogP contribution in [-0.4, -0.2) is 11.3 Å². The molecule has 2 rings (SSSR count). The van der Waals surface area contributed by atoms with Crippen LogP contribution >= 0.6 is 27.5 Å². The molecule has 0 atom stereocenters. The lowest BCUT2D eigenvalue weighted by molar-refractivity contribution is -0.274. The van der Waals surface area contributed by atoms with Crippen LogP contribution in [-0.2, 0) is 0 Å². The average molecular weight is 368 g/mol. The predicted octanol–water partition coefficient (Wildman–Crippen LogP) is 5.14. The van der Waals surface area contributed by atoms with E-state index in [1.165, 1.54) is 24.4 Å². The highest BCUT2D eigenvalue weighted by Crippen LogP contribution is 2.33. The van der Waals surface area contributed by atoms with Crippen molar-refractivity contribution in [3.8, 4) is 5.75 Å². The van der Waals surface area contributed by atoms with Crippen molar-refractivity contribution in [3.63, 3.8) is 0 Å². The molecule has 1 heterocycles. The number of pyridine rings is 1. The van der Waals surface area contributed by atoms with Crippen LogP contribution in [0.15, 0.2) is 41.0 Å². The Labute approximate surface area is 125 Å². The largest absolute Gasteiger partial charge is 0.573 e. The zero-order chi connectivity index (χ0) is 14.8. The van der Waals surface area contributed by atoms with Gasteiger partial charge in [-0.3, -0.25) is 0 Å². The summed E-state index contributed by atoms with van der Waals surface area (Å²) >= 11 is 8.72. The van der Waals surface area contributed by atoms with Gasteiger partial charge in [-0.15, -0.1) is 13.2 Å². The van der Waals surface area contributed by atoms with Gasteiger partial charge in [0, 0.05) is 11.9 Å². The maximum atomic E-state index is 12.1. The van der Waals surface area contributed by atoms with Gasteiger partial charge in [0.15, 0.2) is 0 Å². The molecular formula is C12H7BrClF3N2O. The van der Waals surface area contributed by atoms with E-state index >= 15 is 0 Å². The number of nitrogens with one attached hydrogen (secondary N) is 1. The van der Waals surface area contributed by atoms with Crippen LogP contribution in [0.2, 0.25) is 5.02 Å². The molecule has 1 N–H and O–H groups in total. The van der Waals surface area contributed by atoms with Crippen molar-refractivity contribution in [1.82, 2.24) is 4.98 Å². The molecule has 0 bridgehead atoms. The van der Waals surface area contributed by atoms with Gasteiger partial charge in [-0.2, -0.15) is 0 Å². The van der Waals surface area contributed by atoms with Crippen LogP contribution in [0.1, 0.15) is 0 Å². The summed E-state index contributed by atoms with van der Waals surface area (Å²) in [5.74, 6) is 0.206. The fourth-order valence-electron chi connectivity index (χ4n) is 1.38. The number of rotatable bonds is 3. The number of nitrogens with zero attached hydrogens (tertiary/aromatic N) is 1. The minimum atomic E-state index is -4.73. The van der Waals surface area contributed by atoms with E-state index in [0.29, 0.717) is 16.5 Å². The number of alkyl halides is 3. The molecule has 0 amide bonds. The third kappa shape index (κ3) is 4.28. The highest BCUT2D eigenvalue weighted by atomic mass is 79.9. The molecule has 3 nitrogen and oxygen atoms in total. The molecule has 8 heteroatoms. The summed E-state index contributed by atoms with van der Waals surface area (Å²) in [5, 5.41) is 3.42. The van der Waals surface area contributed by atoms with E-state index in [-0.39, 0.29) is 10.2 Å². The predicted molar refractivity (Wildman–Crippen MR) is 73.4 cm³/mol. The third-order valence-electron chi connectivity index (χ3n) is 2.16. The second-order valence-corrected chi connectivity index (χ2v) is 4.97. The normalized spacial score (nSPS) is 11.2. The average Bonchev–Trinajstić information content (AvgIpc) is 2.34. The molecular weight excluding hydrogens is 360 g/mol. The Bertz CT molecular complexity index is 605. The number of hydrogen-bond donors (Lipinski definition) is 1. The smallest absolute Gasteiger partial charge is 0.405 e. The number of halogens is 5. The minimum absolute atomic E-state index is 0.175. The topological polar surface area (TPSA) is 34.1 Å². The monoisotopic (exact) mass is 366 g/mol. The van der Waals surface area contributed by atoms with Gasteiger partial charge in [0.05, 0.1) is 9.50 Å².